The lowest BCUT2D eigenvalue weighted by atomic mass is 9.94. The van der Waals surface area contributed by atoms with Gasteiger partial charge in [0.25, 0.3) is 0 Å². The minimum Gasteiger partial charge on any atom is -0.322 e. The van der Waals surface area contributed by atoms with E-state index in [0.29, 0.717) is 6.54 Å². The maximum absolute atomic E-state index is 12.2. The van der Waals surface area contributed by atoms with Crippen LogP contribution in [0, 0.1) is 20.8 Å². The predicted octanol–water partition coefficient (Wildman–Crippen LogP) is 2.69. The van der Waals surface area contributed by atoms with E-state index in [1.807, 2.05) is 12.4 Å². The van der Waals surface area contributed by atoms with Crippen LogP contribution in [0.25, 0.3) is 0 Å². The molecule has 0 saturated heterocycles. The molecule has 1 unspecified atom stereocenters. The topological polar surface area (TPSA) is 52.9 Å². The highest BCUT2D eigenvalue weighted by Gasteiger charge is 2.14. The fourth-order valence-corrected chi connectivity index (χ4v) is 3.08. The lowest BCUT2D eigenvalue weighted by Crippen LogP contribution is -2.29. The van der Waals surface area contributed by atoms with Gasteiger partial charge in [-0.25, -0.2) is 4.79 Å². The molecule has 2 rings (SSSR count). The van der Waals surface area contributed by atoms with Crippen molar-refractivity contribution in [1.29, 1.82) is 0 Å². The number of benzene rings is 1. The van der Waals surface area contributed by atoms with Crippen LogP contribution in [0.4, 0.5) is 0 Å². The van der Waals surface area contributed by atoms with Crippen molar-refractivity contribution in [3.05, 3.63) is 57.3 Å². The number of hydrogen-bond acceptors (Lipinski definition) is 2. The molecule has 0 aliphatic heterocycles. The van der Waals surface area contributed by atoms with Crippen molar-refractivity contribution in [2.75, 3.05) is 0 Å². The fraction of sp³-hybridized carbons (Fsp3) is 0.471. The number of nitrogens with zero attached hydrogens (tertiary/aromatic N) is 2. The molecular formula is C17H25N3O. The number of aromatic nitrogens is 2. The molecule has 21 heavy (non-hydrogen) atoms. The fourth-order valence-electron chi connectivity index (χ4n) is 3.08. The third-order valence-corrected chi connectivity index (χ3v) is 3.88. The summed E-state index contributed by atoms with van der Waals surface area (Å²) < 4.78 is 3.45. The second-order valence-corrected chi connectivity index (χ2v) is 5.85. The molecule has 114 valence electrons. The number of imidazole rings is 1. The molecule has 2 N–H and O–H groups in total. The summed E-state index contributed by atoms with van der Waals surface area (Å²) in [6.07, 6.45) is 4.62. The number of rotatable bonds is 5. The first-order valence-corrected chi connectivity index (χ1v) is 7.53. The van der Waals surface area contributed by atoms with Crippen molar-refractivity contribution in [3.8, 4) is 0 Å². The van der Waals surface area contributed by atoms with Crippen LogP contribution in [0.1, 0.15) is 41.6 Å². The van der Waals surface area contributed by atoms with Crippen LogP contribution in [0.5, 0.6) is 0 Å². The van der Waals surface area contributed by atoms with Gasteiger partial charge in [0.05, 0.1) is 0 Å². The summed E-state index contributed by atoms with van der Waals surface area (Å²) in [7, 11) is 0. The molecule has 1 aromatic carbocycles. The molecule has 0 aliphatic carbocycles. The molecule has 1 heterocycles. The van der Waals surface area contributed by atoms with Gasteiger partial charge in [0.15, 0.2) is 0 Å². The molecule has 1 atom stereocenters. The van der Waals surface area contributed by atoms with E-state index in [4.69, 9.17) is 5.73 Å². The summed E-state index contributed by atoms with van der Waals surface area (Å²) >= 11 is 0. The summed E-state index contributed by atoms with van der Waals surface area (Å²) in [5, 5.41) is 0. The molecular weight excluding hydrogens is 262 g/mol. The standard InChI is InChI=1S/C17H25N3O/c1-5-6-19-7-8-20(17(19)21)11-15(18)16-13(3)9-12(2)10-14(16)4/h7-10,15H,5-6,11,18H2,1-4H3. The van der Waals surface area contributed by atoms with Gasteiger partial charge in [-0.1, -0.05) is 24.6 Å². The van der Waals surface area contributed by atoms with Gasteiger partial charge in [0.2, 0.25) is 0 Å². The highest BCUT2D eigenvalue weighted by atomic mass is 16.1. The van der Waals surface area contributed by atoms with Gasteiger partial charge in [-0.2, -0.15) is 0 Å². The van der Waals surface area contributed by atoms with E-state index in [1.54, 1.807) is 9.13 Å². The van der Waals surface area contributed by atoms with Crippen LogP contribution in [0.2, 0.25) is 0 Å². The second kappa shape index (κ2) is 6.31. The molecule has 0 saturated carbocycles. The molecule has 0 fully saturated rings. The number of nitrogens with two attached hydrogens (primary N) is 1. The van der Waals surface area contributed by atoms with E-state index in [9.17, 15) is 4.79 Å². The molecule has 0 bridgehead atoms. The second-order valence-electron chi connectivity index (χ2n) is 5.85. The predicted molar refractivity (Wildman–Crippen MR) is 86.6 cm³/mol. The molecule has 0 amide bonds. The van der Waals surface area contributed by atoms with Crippen LogP contribution < -0.4 is 11.4 Å². The maximum atomic E-state index is 12.2. The van der Waals surface area contributed by atoms with E-state index in [2.05, 4.69) is 39.8 Å². The van der Waals surface area contributed by atoms with Crippen LogP contribution in [0.3, 0.4) is 0 Å². The van der Waals surface area contributed by atoms with Gasteiger partial charge in [-0.15, -0.1) is 0 Å². The van der Waals surface area contributed by atoms with Crippen molar-refractivity contribution < 1.29 is 0 Å². The molecule has 0 spiro atoms. The Morgan fingerprint density at radius 1 is 1.10 bits per heavy atom. The highest BCUT2D eigenvalue weighted by Crippen LogP contribution is 2.22. The summed E-state index contributed by atoms with van der Waals surface area (Å²) in [5.41, 5.74) is 11.2. The number of aryl methyl sites for hydroxylation is 4. The zero-order valence-electron chi connectivity index (χ0n) is 13.4. The Kier molecular flexibility index (Phi) is 4.68. The molecule has 0 aliphatic rings. The highest BCUT2D eigenvalue weighted by molar-refractivity contribution is 5.39. The van der Waals surface area contributed by atoms with E-state index in [1.165, 1.54) is 16.7 Å². The van der Waals surface area contributed by atoms with E-state index >= 15 is 0 Å². The van der Waals surface area contributed by atoms with Crippen LogP contribution in [0.15, 0.2) is 29.3 Å². The van der Waals surface area contributed by atoms with Gasteiger partial charge in [0, 0.05) is 31.5 Å². The summed E-state index contributed by atoms with van der Waals surface area (Å²) in [6, 6.07) is 4.13. The molecule has 2 aromatic rings. The Labute approximate surface area is 126 Å². The SMILES string of the molecule is CCCn1ccn(CC(N)c2c(C)cc(C)cc2C)c1=O. The summed E-state index contributed by atoms with van der Waals surface area (Å²) in [6.45, 7) is 9.59. The minimum atomic E-state index is -0.166. The maximum Gasteiger partial charge on any atom is 0.328 e. The smallest absolute Gasteiger partial charge is 0.322 e. The van der Waals surface area contributed by atoms with Crippen molar-refractivity contribution in [1.82, 2.24) is 9.13 Å². The Bertz CT molecular complexity index is 659. The van der Waals surface area contributed by atoms with E-state index in [-0.39, 0.29) is 11.7 Å². The first-order chi connectivity index (χ1) is 9.93. The average Bonchev–Trinajstić information content (AvgIpc) is 2.71. The van der Waals surface area contributed by atoms with E-state index in [0.717, 1.165) is 18.5 Å². The third-order valence-electron chi connectivity index (χ3n) is 3.88. The van der Waals surface area contributed by atoms with Crippen LogP contribution in [-0.4, -0.2) is 9.13 Å². The van der Waals surface area contributed by atoms with Crippen molar-refractivity contribution in [2.24, 2.45) is 5.73 Å². The van der Waals surface area contributed by atoms with Gasteiger partial charge >= 0.3 is 5.69 Å². The number of hydrogen-bond donors (Lipinski definition) is 1. The quantitative estimate of drug-likeness (QED) is 0.919. The van der Waals surface area contributed by atoms with Crippen molar-refractivity contribution >= 4 is 0 Å². The lowest BCUT2D eigenvalue weighted by molar-refractivity contribution is 0.538. The van der Waals surface area contributed by atoms with Gasteiger partial charge in [-0.3, -0.25) is 9.13 Å². The van der Waals surface area contributed by atoms with Crippen LogP contribution >= 0.6 is 0 Å². The molecule has 0 radical (unpaired) electrons. The van der Waals surface area contributed by atoms with Crippen molar-refractivity contribution in [2.45, 2.75) is 53.2 Å². The Morgan fingerprint density at radius 2 is 1.67 bits per heavy atom. The zero-order chi connectivity index (χ0) is 15.6. The molecule has 4 nitrogen and oxygen atoms in total. The summed E-state index contributed by atoms with van der Waals surface area (Å²) in [4.78, 5) is 12.2. The Hall–Kier alpha value is -1.81. The monoisotopic (exact) mass is 287 g/mol. The normalized spacial score (nSPS) is 12.6. The first-order valence-electron chi connectivity index (χ1n) is 7.53. The molecule has 1 aromatic heterocycles. The minimum absolute atomic E-state index is 0.0229. The zero-order valence-corrected chi connectivity index (χ0v) is 13.4. The van der Waals surface area contributed by atoms with Crippen molar-refractivity contribution in [3.63, 3.8) is 0 Å². The Balaban J connectivity index is 2.26. The van der Waals surface area contributed by atoms with Gasteiger partial charge in [-0.05, 0) is 43.9 Å². The lowest BCUT2D eigenvalue weighted by Gasteiger charge is -2.18. The Morgan fingerprint density at radius 3 is 2.24 bits per heavy atom. The van der Waals surface area contributed by atoms with Gasteiger partial charge in [0.1, 0.15) is 0 Å². The largest absolute Gasteiger partial charge is 0.328 e. The van der Waals surface area contributed by atoms with E-state index < -0.39 is 0 Å². The summed E-state index contributed by atoms with van der Waals surface area (Å²) in [5.74, 6) is 0. The first kappa shape index (κ1) is 15.6. The average molecular weight is 287 g/mol. The van der Waals surface area contributed by atoms with Gasteiger partial charge < -0.3 is 5.73 Å². The molecule has 4 heteroatoms. The van der Waals surface area contributed by atoms with Crippen LogP contribution in [-0.2, 0) is 13.1 Å². The third kappa shape index (κ3) is 3.27.